The summed E-state index contributed by atoms with van der Waals surface area (Å²) < 4.78 is 37.9. The van der Waals surface area contributed by atoms with Gasteiger partial charge in [-0.2, -0.15) is 0 Å². The first-order valence-electron chi connectivity index (χ1n) is 7.94. The Kier molecular flexibility index (Phi) is 6.46. The monoisotopic (exact) mass is 378 g/mol. The molecule has 0 saturated heterocycles. The molecule has 2 rings (SSSR count). The molecule has 1 amide bonds. The van der Waals surface area contributed by atoms with Crippen LogP contribution in [0.3, 0.4) is 0 Å². The number of methoxy groups -OCH3 is 2. The Morgan fingerprint density at radius 3 is 2.23 bits per heavy atom. The van der Waals surface area contributed by atoms with Gasteiger partial charge in [-0.15, -0.1) is 0 Å². The van der Waals surface area contributed by atoms with Crippen LogP contribution in [-0.2, 0) is 21.2 Å². The van der Waals surface area contributed by atoms with E-state index in [1.54, 1.807) is 30.3 Å². The van der Waals surface area contributed by atoms with Crippen LogP contribution in [0.4, 0.5) is 5.69 Å². The fourth-order valence-corrected chi connectivity index (χ4v) is 3.38. The van der Waals surface area contributed by atoms with E-state index in [0.29, 0.717) is 30.2 Å². The number of anilines is 1. The molecule has 2 aromatic rings. The van der Waals surface area contributed by atoms with E-state index in [9.17, 15) is 13.2 Å². The summed E-state index contributed by atoms with van der Waals surface area (Å²) in [6.07, 6.45) is 0.628. The molecule has 26 heavy (non-hydrogen) atoms. The molecule has 0 unspecified atom stereocenters. The minimum atomic E-state index is -3.72. The molecular weight excluding hydrogens is 356 g/mol. The zero-order chi connectivity index (χ0) is 19.2. The standard InChI is InChI=1S/C18H22N2O5S/c1-13(21)19-11-10-14-4-7-16(8-5-14)26(22,23)20-15-6-9-17(24-2)18(12-15)25-3/h4-9,12,20H,10-11H2,1-3H3,(H,19,21). The maximum atomic E-state index is 12.5. The van der Waals surface area contributed by atoms with Crippen molar-refractivity contribution in [2.75, 3.05) is 25.5 Å². The van der Waals surface area contributed by atoms with E-state index < -0.39 is 10.0 Å². The lowest BCUT2D eigenvalue weighted by molar-refractivity contribution is -0.118. The number of carbonyl (C=O) groups excluding carboxylic acids is 1. The van der Waals surface area contributed by atoms with Gasteiger partial charge >= 0.3 is 0 Å². The Balaban J connectivity index is 2.11. The number of nitrogens with one attached hydrogen (secondary N) is 2. The summed E-state index contributed by atoms with van der Waals surface area (Å²) in [5.74, 6) is 0.850. The molecule has 0 bridgehead atoms. The Labute approximate surface area is 153 Å². The lowest BCUT2D eigenvalue weighted by Gasteiger charge is -2.12. The summed E-state index contributed by atoms with van der Waals surface area (Å²) in [5.41, 5.74) is 1.31. The lowest BCUT2D eigenvalue weighted by atomic mass is 10.1. The average Bonchev–Trinajstić information content (AvgIpc) is 2.61. The predicted molar refractivity (Wildman–Crippen MR) is 99.2 cm³/mol. The molecule has 2 N–H and O–H groups in total. The molecule has 0 atom stereocenters. The Hall–Kier alpha value is -2.74. The second-order valence-electron chi connectivity index (χ2n) is 5.55. The van der Waals surface area contributed by atoms with Gasteiger partial charge in [0, 0.05) is 19.5 Å². The average molecular weight is 378 g/mol. The normalized spacial score (nSPS) is 10.9. The van der Waals surface area contributed by atoms with Crippen LogP contribution in [0.15, 0.2) is 47.4 Å². The van der Waals surface area contributed by atoms with Gasteiger partial charge in [-0.3, -0.25) is 9.52 Å². The summed E-state index contributed by atoms with van der Waals surface area (Å²) >= 11 is 0. The smallest absolute Gasteiger partial charge is 0.261 e. The van der Waals surface area contributed by atoms with Crippen LogP contribution >= 0.6 is 0 Å². The van der Waals surface area contributed by atoms with E-state index >= 15 is 0 Å². The van der Waals surface area contributed by atoms with Gasteiger partial charge in [0.15, 0.2) is 11.5 Å². The summed E-state index contributed by atoms with van der Waals surface area (Å²) in [6, 6.07) is 11.3. The first-order chi connectivity index (χ1) is 12.4. The summed E-state index contributed by atoms with van der Waals surface area (Å²) in [4.78, 5) is 11.0. The van der Waals surface area contributed by atoms with Crippen molar-refractivity contribution in [1.29, 1.82) is 0 Å². The lowest BCUT2D eigenvalue weighted by Crippen LogP contribution is -2.22. The third-order valence-electron chi connectivity index (χ3n) is 3.66. The molecular formula is C18H22N2O5S. The van der Waals surface area contributed by atoms with Crippen LogP contribution in [0.1, 0.15) is 12.5 Å². The molecule has 0 heterocycles. The maximum absolute atomic E-state index is 12.5. The third-order valence-corrected chi connectivity index (χ3v) is 5.05. The zero-order valence-corrected chi connectivity index (χ0v) is 15.7. The van der Waals surface area contributed by atoms with Crippen LogP contribution in [0.25, 0.3) is 0 Å². The highest BCUT2D eigenvalue weighted by Crippen LogP contribution is 2.30. The van der Waals surface area contributed by atoms with Crippen molar-refractivity contribution >= 4 is 21.6 Å². The van der Waals surface area contributed by atoms with E-state index in [4.69, 9.17) is 9.47 Å². The molecule has 0 saturated carbocycles. The van der Waals surface area contributed by atoms with Crippen molar-refractivity contribution in [3.05, 3.63) is 48.0 Å². The minimum Gasteiger partial charge on any atom is -0.493 e. The minimum absolute atomic E-state index is 0.0942. The molecule has 0 spiro atoms. The third kappa shape index (κ3) is 5.13. The topological polar surface area (TPSA) is 93.7 Å². The number of benzene rings is 2. The van der Waals surface area contributed by atoms with E-state index in [2.05, 4.69) is 10.0 Å². The van der Waals surface area contributed by atoms with Crippen molar-refractivity contribution in [3.8, 4) is 11.5 Å². The van der Waals surface area contributed by atoms with Gasteiger partial charge < -0.3 is 14.8 Å². The van der Waals surface area contributed by atoms with E-state index in [-0.39, 0.29) is 10.8 Å². The molecule has 0 aromatic heterocycles. The summed E-state index contributed by atoms with van der Waals surface area (Å²) in [5, 5.41) is 2.70. The molecule has 0 aliphatic carbocycles. The van der Waals surface area contributed by atoms with Gasteiger partial charge in [0.25, 0.3) is 10.0 Å². The fraction of sp³-hybridized carbons (Fsp3) is 0.278. The number of rotatable bonds is 8. The second kappa shape index (κ2) is 8.57. The quantitative estimate of drug-likeness (QED) is 0.734. The molecule has 0 fully saturated rings. The van der Waals surface area contributed by atoms with Gasteiger partial charge in [0.05, 0.1) is 24.8 Å². The van der Waals surface area contributed by atoms with Crippen molar-refractivity contribution in [1.82, 2.24) is 5.32 Å². The number of amides is 1. The number of hydrogen-bond acceptors (Lipinski definition) is 5. The number of hydrogen-bond donors (Lipinski definition) is 2. The van der Waals surface area contributed by atoms with E-state index in [1.165, 1.54) is 33.3 Å². The highest BCUT2D eigenvalue weighted by Gasteiger charge is 2.15. The molecule has 0 aliphatic rings. The van der Waals surface area contributed by atoms with Gasteiger partial charge in [0.1, 0.15) is 0 Å². The van der Waals surface area contributed by atoms with E-state index in [0.717, 1.165) is 5.56 Å². The van der Waals surface area contributed by atoms with Crippen molar-refractivity contribution in [2.24, 2.45) is 0 Å². The van der Waals surface area contributed by atoms with Gasteiger partial charge in [0.2, 0.25) is 5.91 Å². The maximum Gasteiger partial charge on any atom is 0.261 e. The number of sulfonamides is 1. The molecule has 0 radical (unpaired) electrons. The van der Waals surface area contributed by atoms with Gasteiger partial charge in [-0.05, 0) is 36.2 Å². The Morgan fingerprint density at radius 2 is 1.65 bits per heavy atom. The molecule has 140 valence electrons. The van der Waals surface area contributed by atoms with Crippen LogP contribution in [-0.4, -0.2) is 35.1 Å². The molecule has 8 heteroatoms. The largest absolute Gasteiger partial charge is 0.493 e. The molecule has 7 nitrogen and oxygen atoms in total. The van der Waals surface area contributed by atoms with Crippen molar-refractivity contribution in [3.63, 3.8) is 0 Å². The summed E-state index contributed by atoms with van der Waals surface area (Å²) in [6.45, 7) is 1.96. The Bertz CT molecular complexity index is 864. The number of ether oxygens (including phenoxy) is 2. The fourth-order valence-electron chi connectivity index (χ4n) is 2.33. The van der Waals surface area contributed by atoms with E-state index in [1.807, 2.05) is 0 Å². The first kappa shape index (κ1) is 19.6. The van der Waals surface area contributed by atoms with Crippen LogP contribution in [0.2, 0.25) is 0 Å². The predicted octanol–water partition coefficient (Wildman–Crippen LogP) is 2.18. The zero-order valence-electron chi connectivity index (χ0n) is 14.9. The van der Waals surface area contributed by atoms with Crippen LogP contribution < -0.4 is 19.5 Å². The van der Waals surface area contributed by atoms with Crippen LogP contribution in [0, 0.1) is 0 Å². The van der Waals surface area contributed by atoms with Crippen LogP contribution in [0.5, 0.6) is 11.5 Å². The highest BCUT2D eigenvalue weighted by atomic mass is 32.2. The Morgan fingerprint density at radius 1 is 1.00 bits per heavy atom. The van der Waals surface area contributed by atoms with Gasteiger partial charge in [-0.25, -0.2) is 8.42 Å². The summed E-state index contributed by atoms with van der Waals surface area (Å²) in [7, 11) is -0.734. The van der Waals surface area contributed by atoms with Crippen molar-refractivity contribution in [2.45, 2.75) is 18.2 Å². The number of carbonyl (C=O) groups is 1. The first-order valence-corrected chi connectivity index (χ1v) is 9.42. The van der Waals surface area contributed by atoms with Gasteiger partial charge in [-0.1, -0.05) is 12.1 Å². The molecule has 2 aromatic carbocycles. The van der Waals surface area contributed by atoms with Crippen molar-refractivity contribution < 1.29 is 22.7 Å². The SMILES string of the molecule is COc1ccc(NS(=O)(=O)c2ccc(CCNC(C)=O)cc2)cc1OC. The second-order valence-corrected chi connectivity index (χ2v) is 7.23. The molecule has 0 aliphatic heterocycles. The highest BCUT2D eigenvalue weighted by molar-refractivity contribution is 7.92.